The van der Waals surface area contributed by atoms with Gasteiger partial charge in [0, 0.05) is 24.8 Å². The average molecular weight is 379 g/mol. The molecule has 0 bridgehead atoms. The number of rotatable bonds is 5. The number of Topliss-reactive ketones (excluding diaryl/α,β-unsaturated/α-hetero) is 1. The van der Waals surface area contributed by atoms with Gasteiger partial charge in [0.25, 0.3) is 5.56 Å². The summed E-state index contributed by atoms with van der Waals surface area (Å²) < 4.78 is 3.36. The van der Waals surface area contributed by atoms with E-state index in [9.17, 15) is 9.59 Å². The second kappa shape index (κ2) is 7.30. The van der Waals surface area contributed by atoms with Crippen LogP contribution in [-0.2, 0) is 24.3 Å². The van der Waals surface area contributed by atoms with Gasteiger partial charge >= 0.3 is 0 Å². The molecule has 1 aliphatic rings. The molecule has 3 heterocycles. The molecule has 1 unspecified atom stereocenters. The SMILES string of the molecule is Cc1ccc2c(=O)n(CC(=O)CC3CCc4nncn4C3)nc(C(C)C)c2c1. The van der Waals surface area contributed by atoms with Gasteiger partial charge in [0.05, 0.1) is 11.1 Å². The molecule has 7 nitrogen and oxygen atoms in total. The van der Waals surface area contributed by atoms with Crippen LogP contribution in [0.15, 0.2) is 29.3 Å². The molecule has 0 radical (unpaired) electrons. The Bertz CT molecular complexity index is 1100. The number of nitrogens with zero attached hydrogens (tertiary/aromatic N) is 5. The van der Waals surface area contributed by atoms with Crippen LogP contribution in [0.2, 0.25) is 0 Å². The Hall–Kier alpha value is -2.83. The summed E-state index contributed by atoms with van der Waals surface area (Å²) in [6.45, 7) is 6.89. The van der Waals surface area contributed by atoms with Gasteiger partial charge in [-0.25, -0.2) is 4.68 Å². The number of carbonyl (C=O) groups excluding carboxylic acids is 1. The van der Waals surface area contributed by atoms with E-state index in [1.165, 1.54) is 4.68 Å². The molecule has 0 spiro atoms. The van der Waals surface area contributed by atoms with Crippen molar-refractivity contribution >= 4 is 16.6 Å². The van der Waals surface area contributed by atoms with Gasteiger partial charge in [0.15, 0.2) is 5.78 Å². The van der Waals surface area contributed by atoms with Crippen molar-refractivity contribution < 1.29 is 4.79 Å². The molecule has 1 aliphatic heterocycles. The quantitative estimate of drug-likeness (QED) is 0.681. The zero-order valence-corrected chi connectivity index (χ0v) is 16.6. The third kappa shape index (κ3) is 3.48. The van der Waals surface area contributed by atoms with E-state index >= 15 is 0 Å². The molecular formula is C21H25N5O2. The van der Waals surface area contributed by atoms with Gasteiger partial charge in [-0.1, -0.05) is 25.5 Å². The predicted octanol–water partition coefficient (Wildman–Crippen LogP) is 2.64. The lowest BCUT2D eigenvalue weighted by atomic mass is 9.94. The lowest BCUT2D eigenvalue weighted by Crippen LogP contribution is -2.30. The van der Waals surface area contributed by atoms with Crippen molar-refractivity contribution in [3.05, 3.63) is 52.0 Å². The minimum Gasteiger partial charge on any atom is -0.317 e. The fourth-order valence-electron chi connectivity index (χ4n) is 4.01. The Labute approximate surface area is 163 Å². The number of aromatic nitrogens is 5. The highest BCUT2D eigenvalue weighted by molar-refractivity contribution is 5.85. The van der Waals surface area contributed by atoms with Crippen molar-refractivity contribution in [2.24, 2.45) is 5.92 Å². The van der Waals surface area contributed by atoms with Crippen molar-refractivity contribution in [1.82, 2.24) is 24.5 Å². The van der Waals surface area contributed by atoms with Crippen LogP contribution >= 0.6 is 0 Å². The lowest BCUT2D eigenvalue weighted by molar-refractivity contribution is -0.121. The summed E-state index contributed by atoms with van der Waals surface area (Å²) in [5.41, 5.74) is 1.76. The van der Waals surface area contributed by atoms with Gasteiger partial charge in [0.2, 0.25) is 0 Å². The van der Waals surface area contributed by atoms with E-state index in [-0.39, 0.29) is 29.7 Å². The summed E-state index contributed by atoms with van der Waals surface area (Å²) in [7, 11) is 0. The van der Waals surface area contributed by atoms with Gasteiger partial charge in [-0.3, -0.25) is 9.59 Å². The third-order valence-corrected chi connectivity index (χ3v) is 5.46. The van der Waals surface area contributed by atoms with Gasteiger partial charge in [-0.05, 0) is 37.3 Å². The van der Waals surface area contributed by atoms with Crippen LogP contribution in [0.3, 0.4) is 0 Å². The summed E-state index contributed by atoms with van der Waals surface area (Å²) in [5.74, 6) is 1.43. The second-order valence-corrected chi connectivity index (χ2v) is 8.10. The molecule has 0 saturated carbocycles. The maximum atomic E-state index is 12.9. The van der Waals surface area contributed by atoms with Crippen molar-refractivity contribution in [3.63, 3.8) is 0 Å². The number of hydrogen-bond donors (Lipinski definition) is 0. The van der Waals surface area contributed by atoms with Gasteiger partial charge in [0.1, 0.15) is 18.7 Å². The Balaban J connectivity index is 1.57. The van der Waals surface area contributed by atoms with E-state index in [1.807, 2.05) is 29.7 Å². The van der Waals surface area contributed by atoms with Crippen LogP contribution in [-0.4, -0.2) is 30.3 Å². The van der Waals surface area contributed by atoms with Crippen LogP contribution < -0.4 is 5.56 Å². The van der Waals surface area contributed by atoms with E-state index in [2.05, 4.69) is 29.1 Å². The van der Waals surface area contributed by atoms with Gasteiger partial charge < -0.3 is 4.57 Å². The van der Waals surface area contributed by atoms with Gasteiger partial charge in [-0.2, -0.15) is 5.10 Å². The summed E-state index contributed by atoms with van der Waals surface area (Å²) in [4.78, 5) is 25.6. The summed E-state index contributed by atoms with van der Waals surface area (Å²) in [6, 6.07) is 5.78. The summed E-state index contributed by atoms with van der Waals surface area (Å²) in [5, 5.41) is 14.1. The molecule has 28 heavy (non-hydrogen) atoms. The minimum atomic E-state index is -0.197. The largest absolute Gasteiger partial charge is 0.317 e. The van der Waals surface area contributed by atoms with Crippen LogP contribution in [0.4, 0.5) is 0 Å². The molecule has 0 amide bonds. The second-order valence-electron chi connectivity index (χ2n) is 8.10. The molecule has 0 saturated heterocycles. The first-order valence-electron chi connectivity index (χ1n) is 9.82. The van der Waals surface area contributed by atoms with Crippen LogP contribution in [0.25, 0.3) is 10.8 Å². The molecule has 1 aromatic carbocycles. The first-order chi connectivity index (χ1) is 13.4. The van der Waals surface area contributed by atoms with Crippen LogP contribution in [0.1, 0.15) is 49.7 Å². The first-order valence-corrected chi connectivity index (χ1v) is 9.82. The highest BCUT2D eigenvalue weighted by atomic mass is 16.1. The Morgan fingerprint density at radius 1 is 1.29 bits per heavy atom. The average Bonchev–Trinajstić information content (AvgIpc) is 3.11. The molecular weight excluding hydrogens is 354 g/mol. The van der Waals surface area contributed by atoms with Crippen molar-refractivity contribution in [2.75, 3.05) is 0 Å². The third-order valence-electron chi connectivity index (χ3n) is 5.46. The monoisotopic (exact) mass is 379 g/mol. The molecule has 1 atom stereocenters. The number of fused-ring (bicyclic) bond motifs is 2. The zero-order valence-electron chi connectivity index (χ0n) is 16.6. The normalized spacial score (nSPS) is 16.5. The first kappa shape index (κ1) is 18.5. The fraction of sp³-hybridized carbons (Fsp3) is 0.476. The number of aryl methyl sites for hydroxylation is 2. The number of ketones is 1. The molecule has 4 rings (SSSR count). The zero-order chi connectivity index (χ0) is 19.8. The molecule has 0 N–H and O–H groups in total. The topological polar surface area (TPSA) is 82.7 Å². The van der Waals surface area contributed by atoms with Crippen LogP contribution in [0, 0.1) is 12.8 Å². The number of hydrogen-bond acceptors (Lipinski definition) is 5. The van der Waals surface area contributed by atoms with E-state index in [0.29, 0.717) is 11.8 Å². The smallest absolute Gasteiger partial charge is 0.275 e. The number of benzene rings is 1. The van der Waals surface area contributed by atoms with Crippen molar-refractivity contribution in [1.29, 1.82) is 0 Å². The Kier molecular flexibility index (Phi) is 4.83. The summed E-state index contributed by atoms with van der Waals surface area (Å²) >= 11 is 0. The van der Waals surface area contributed by atoms with E-state index in [1.54, 1.807) is 6.33 Å². The predicted molar refractivity (Wildman–Crippen MR) is 106 cm³/mol. The van der Waals surface area contributed by atoms with E-state index in [4.69, 9.17) is 0 Å². The highest BCUT2D eigenvalue weighted by Gasteiger charge is 2.23. The van der Waals surface area contributed by atoms with Crippen LogP contribution in [0.5, 0.6) is 0 Å². The maximum absolute atomic E-state index is 12.9. The Morgan fingerprint density at radius 2 is 2.11 bits per heavy atom. The standard InChI is InChI=1S/C21H25N5O2/c1-13(2)20-18-8-14(3)4-6-17(18)21(28)26(24-20)11-16(27)9-15-5-7-19-23-22-12-25(19)10-15/h4,6,8,12-13,15H,5,7,9-11H2,1-3H3. The number of carbonyl (C=O) groups is 1. The fourth-order valence-corrected chi connectivity index (χ4v) is 4.01. The molecule has 3 aromatic rings. The summed E-state index contributed by atoms with van der Waals surface area (Å²) in [6.07, 6.45) is 3.91. The maximum Gasteiger partial charge on any atom is 0.275 e. The van der Waals surface area contributed by atoms with E-state index in [0.717, 1.165) is 41.9 Å². The molecule has 0 fully saturated rings. The van der Waals surface area contributed by atoms with Gasteiger partial charge in [-0.15, -0.1) is 10.2 Å². The lowest BCUT2D eigenvalue weighted by Gasteiger charge is -2.22. The molecule has 146 valence electrons. The minimum absolute atomic E-state index is 0.0217. The van der Waals surface area contributed by atoms with Crippen molar-refractivity contribution in [3.8, 4) is 0 Å². The molecule has 7 heteroatoms. The van der Waals surface area contributed by atoms with E-state index < -0.39 is 0 Å². The highest BCUT2D eigenvalue weighted by Crippen LogP contribution is 2.23. The van der Waals surface area contributed by atoms with Crippen molar-refractivity contribution in [2.45, 2.75) is 59.0 Å². The molecule has 2 aromatic heterocycles. The Morgan fingerprint density at radius 3 is 2.89 bits per heavy atom. The molecule has 0 aliphatic carbocycles.